The molecule has 1 amide bonds. The van der Waals surface area contributed by atoms with E-state index >= 15 is 0 Å². The minimum absolute atomic E-state index is 0.00318. The van der Waals surface area contributed by atoms with Crippen LogP contribution in [0, 0.1) is 5.82 Å². The van der Waals surface area contributed by atoms with Gasteiger partial charge in [-0.1, -0.05) is 72.3 Å². The number of carbonyl (C=O) groups is 2. The highest BCUT2D eigenvalue weighted by Crippen LogP contribution is 2.44. The predicted octanol–water partition coefficient (Wildman–Crippen LogP) is 5.40. The van der Waals surface area contributed by atoms with E-state index < -0.39 is 23.9 Å². The van der Waals surface area contributed by atoms with Gasteiger partial charge in [-0.2, -0.15) is 0 Å². The van der Waals surface area contributed by atoms with Crippen molar-refractivity contribution in [2.24, 2.45) is 0 Å². The van der Waals surface area contributed by atoms with Crippen molar-refractivity contribution in [1.29, 1.82) is 0 Å². The average Bonchev–Trinajstić information content (AvgIpc) is 3.11. The van der Waals surface area contributed by atoms with E-state index in [4.69, 9.17) is 16.3 Å². The van der Waals surface area contributed by atoms with Gasteiger partial charge in [-0.15, -0.1) is 0 Å². The third kappa shape index (κ3) is 4.46. The Kier molecular flexibility index (Phi) is 6.42. The number of halogens is 2. The second-order valence-electron chi connectivity index (χ2n) is 7.61. The molecule has 1 aliphatic carbocycles. The number of benzene rings is 3. The van der Waals surface area contributed by atoms with E-state index in [9.17, 15) is 19.1 Å². The number of aryl methyl sites for hydroxylation is 1. The Morgan fingerprint density at radius 1 is 1.00 bits per heavy atom. The van der Waals surface area contributed by atoms with E-state index in [0.29, 0.717) is 0 Å². The van der Waals surface area contributed by atoms with E-state index in [1.165, 1.54) is 12.1 Å². The lowest BCUT2D eigenvalue weighted by atomic mass is 9.98. The molecule has 164 valence electrons. The number of hydrogen-bond donors (Lipinski definition) is 2. The largest absolute Gasteiger partial charge is 0.480 e. The first-order valence-corrected chi connectivity index (χ1v) is 10.6. The summed E-state index contributed by atoms with van der Waals surface area (Å²) in [6, 6.07) is 19.2. The van der Waals surface area contributed by atoms with E-state index in [2.05, 4.69) is 5.32 Å². The summed E-state index contributed by atoms with van der Waals surface area (Å²) in [5.41, 5.74) is 4.62. The molecule has 5 nitrogen and oxygen atoms in total. The third-order valence-electron chi connectivity index (χ3n) is 5.67. The molecular formula is C25H21ClFNO4. The van der Waals surface area contributed by atoms with Gasteiger partial charge in [0.1, 0.15) is 18.5 Å². The van der Waals surface area contributed by atoms with Crippen LogP contribution in [0.1, 0.15) is 29.0 Å². The Labute approximate surface area is 189 Å². The summed E-state index contributed by atoms with van der Waals surface area (Å²) >= 11 is 5.77. The van der Waals surface area contributed by atoms with Gasteiger partial charge in [0.25, 0.3) is 0 Å². The van der Waals surface area contributed by atoms with Gasteiger partial charge >= 0.3 is 12.1 Å². The van der Waals surface area contributed by atoms with Crippen molar-refractivity contribution in [2.45, 2.75) is 24.8 Å². The molecule has 3 aromatic rings. The van der Waals surface area contributed by atoms with Gasteiger partial charge in [0, 0.05) is 5.92 Å². The highest BCUT2D eigenvalue weighted by atomic mass is 35.5. The summed E-state index contributed by atoms with van der Waals surface area (Å²) in [4.78, 5) is 24.0. The molecule has 0 fully saturated rings. The van der Waals surface area contributed by atoms with Crippen LogP contribution < -0.4 is 5.32 Å². The van der Waals surface area contributed by atoms with Crippen LogP contribution in [-0.2, 0) is 16.0 Å². The number of hydrogen-bond acceptors (Lipinski definition) is 3. The number of carboxylic acids is 1. The molecule has 3 aromatic carbocycles. The van der Waals surface area contributed by atoms with Crippen molar-refractivity contribution in [3.63, 3.8) is 0 Å². The fraction of sp³-hybridized carbons (Fsp3) is 0.200. The topological polar surface area (TPSA) is 75.6 Å². The van der Waals surface area contributed by atoms with Gasteiger partial charge in [0.05, 0.1) is 5.02 Å². The molecule has 1 aliphatic rings. The first kappa shape index (κ1) is 21.8. The van der Waals surface area contributed by atoms with Gasteiger partial charge in [-0.3, -0.25) is 0 Å². The molecule has 4 rings (SSSR count). The van der Waals surface area contributed by atoms with Crippen LogP contribution in [0.4, 0.5) is 9.18 Å². The Hall–Kier alpha value is -3.38. The molecule has 0 heterocycles. The normalized spacial score (nSPS) is 13.2. The van der Waals surface area contributed by atoms with Crippen LogP contribution in [-0.4, -0.2) is 29.8 Å². The number of carbonyl (C=O) groups excluding carboxylic acids is 1. The summed E-state index contributed by atoms with van der Waals surface area (Å²) in [6.45, 7) is 0.0785. The van der Waals surface area contributed by atoms with Gasteiger partial charge in [-0.25, -0.2) is 14.0 Å². The maximum absolute atomic E-state index is 14.1. The molecular weight excluding hydrogens is 433 g/mol. The molecule has 0 bridgehead atoms. The molecule has 0 saturated carbocycles. The first-order valence-electron chi connectivity index (χ1n) is 10.2. The van der Waals surface area contributed by atoms with Gasteiger partial charge in [0.2, 0.25) is 0 Å². The summed E-state index contributed by atoms with van der Waals surface area (Å²) in [6.07, 6.45) is -0.727. The third-order valence-corrected chi connectivity index (χ3v) is 5.96. The van der Waals surface area contributed by atoms with Crippen LogP contribution in [0.15, 0.2) is 66.7 Å². The Balaban J connectivity index is 1.39. The number of ether oxygens (including phenoxy) is 1. The lowest BCUT2D eigenvalue weighted by Crippen LogP contribution is -2.41. The quantitative estimate of drug-likeness (QED) is 0.502. The average molecular weight is 454 g/mol. The van der Waals surface area contributed by atoms with Crippen LogP contribution in [0.2, 0.25) is 5.02 Å². The van der Waals surface area contributed by atoms with Crippen LogP contribution in [0.25, 0.3) is 11.1 Å². The van der Waals surface area contributed by atoms with E-state index in [1.54, 1.807) is 6.07 Å². The molecule has 0 unspecified atom stereocenters. The SMILES string of the molecule is O=C(N[C@@H](CCc1cccc(Cl)c1F)C(=O)O)OCC1c2ccccc2-c2ccccc21. The van der Waals surface area contributed by atoms with Crippen molar-refractivity contribution in [2.75, 3.05) is 6.61 Å². The summed E-state index contributed by atoms with van der Waals surface area (Å²) in [7, 11) is 0. The zero-order valence-corrected chi connectivity index (χ0v) is 17.8. The smallest absolute Gasteiger partial charge is 0.407 e. The molecule has 0 aliphatic heterocycles. The van der Waals surface area contributed by atoms with E-state index in [1.807, 2.05) is 48.5 Å². The van der Waals surface area contributed by atoms with Crippen LogP contribution in [0.3, 0.4) is 0 Å². The number of fused-ring (bicyclic) bond motifs is 3. The number of rotatable bonds is 7. The zero-order valence-electron chi connectivity index (χ0n) is 17.1. The molecule has 0 spiro atoms. The minimum atomic E-state index is -1.22. The highest BCUT2D eigenvalue weighted by molar-refractivity contribution is 6.30. The van der Waals surface area contributed by atoms with E-state index in [-0.39, 0.29) is 36.0 Å². The highest BCUT2D eigenvalue weighted by Gasteiger charge is 2.29. The van der Waals surface area contributed by atoms with Crippen molar-refractivity contribution in [3.8, 4) is 11.1 Å². The summed E-state index contributed by atoms with van der Waals surface area (Å²) in [5.74, 6) is -1.93. The van der Waals surface area contributed by atoms with Crippen LogP contribution >= 0.6 is 11.6 Å². The van der Waals surface area contributed by atoms with Gasteiger partial charge < -0.3 is 15.2 Å². The number of carboxylic acid groups (broad SMARTS) is 1. The Morgan fingerprint density at radius 3 is 2.25 bits per heavy atom. The Morgan fingerprint density at radius 2 is 1.62 bits per heavy atom. The fourth-order valence-electron chi connectivity index (χ4n) is 4.08. The number of amides is 1. The first-order chi connectivity index (χ1) is 15.5. The lowest BCUT2D eigenvalue weighted by Gasteiger charge is -2.17. The van der Waals surface area contributed by atoms with Gasteiger partial charge in [-0.05, 0) is 46.7 Å². The molecule has 2 N–H and O–H groups in total. The number of aliphatic carboxylic acids is 1. The maximum atomic E-state index is 14.1. The van der Waals surface area contributed by atoms with E-state index in [0.717, 1.165) is 22.3 Å². The molecule has 0 saturated heterocycles. The zero-order chi connectivity index (χ0) is 22.7. The van der Waals surface area contributed by atoms with Gasteiger partial charge in [0.15, 0.2) is 0 Å². The predicted molar refractivity (Wildman–Crippen MR) is 119 cm³/mol. The van der Waals surface area contributed by atoms with Crippen LogP contribution in [0.5, 0.6) is 0 Å². The second-order valence-corrected chi connectivity index (χ2v) is 8.02. The molecule has 0 radical (unpaired) electrons. The number of nitrogens with one attached hydrogen (secondary N) is 1. The molecule has 32 heavy (non-hydrogen) atoms. The molecule has 7 heteroatoms. The summed E-state index contributed by atoms with van der Waals surface area (Å²) < 4.78 is 19.5. The van der Waals surface area contributed by atoms with Crippen molar-refractivity contribution in [3.05, 3.63) is 94.3 Å². The molecule has 1 atom stereocenters. The van der Waals surface area contributed by atoms with Crippen molar-refractivity contribution < 1.29 is 23.8 Å². The fourth-order valence-corrected chi connectivity index (χ4v) is 4.28. The molecule has 0 aromatic heterocycles. The maximum Gasteiger partial charge on any atom is 0.407 e. The monoisotopic (exact) mass is 453 g/mol. The van der Waals surface area contributed by atoms with Crippen molar-refractivity contribution >= 4 is 23.7 Å². The lowest BCUT2D eigenvalue weighted by molar-refractivity contribution is -0.139. The summed E-state index contributed by atoms with van der Waals surface area (Å²) in [5, 5.41) is 11.8. The number of alkyl carbamates (subject to hydrolysis) is 1. The minimum Gasteiger partial charge on any atom is -0.480 e. The standard InChI is InChI=1S/C25H21ClFNO4/c26-21-11-5-6-15(23(21)27)12-13-22(24(29)30)28-25(31)32-14-20-18-9-3-1-7-16(18)17-8-2-4-10-19(17)20/h1-11,20,22H,12-14H2,(H,28,31)(H,29,30)/t22-/m0/s1. The Bertz CT molecular complexity index is 1120. The van der Waals surface area contributed by atoms with Crippen molar-refractivity contribution in [1.82, 2.24) is 5.32 Å². The second kappa shape index (κ2) is 9.40.